The lowest BCUT2D eigenvalue weighted by molar-refractivity contribution is 0.0948. The summed E-state index contributed by atoms with van der Waals surface area (Å²) in [6, 6.07) is 0. The lowest BCUT2D eigenvalue weighted by atomic mass is 10.3. The maximum Gasteiger partial charge on any atom is 0.271 e. The molecule has 0 fully saturated rings. The van der Waals surface area contributed by atoms with Crippen molar-refractivity contribution in [2.75, 3.05) is 20.1 Å². The molecule has 0 radical (unpaired) electrons. The number of aromatic nitrogens is 2. The molecule has 0 saturated heterocycles. The summed E-state index contributed by atoms with van der Waals surface area (Å²) in [5.74, 6) is -0.0972. The van der Waals surface area contributed by atoms with Crippen molar-refractivity contribution in [2.24, 2.45) is 7.05 Å². The molecule has 1 amide bonds. The van der Waals surface area contributed by atoms with Gasteiger partial charge in [0.2, 0.25) is 0 Å². The fraction of sp³-hybridized carbons (Fsp3) is 0.600. The molecule has 0 unspecified atom stereocenters. The molecular weight excluding hydrogens is 192 g/mol. The third-order valence-electron chi connectivity index (χ3n) is 2.08. The molecule has 1 aromatic heterocycles. The number of amides is 1. The molecule has 0 aliphatic carbocycles. The Bertz CT molecular complexity index is 308. The van der Waals surface area contributed by atoms with Crippen LogP contribution < -0.4 is 10.6 Å². The molecular formula is C10H18N4O. The van der Waals surface area contributed by atoms with Gasteiger partial charge < -0.3 is 15.2 Å². The first-order valence-corrected chi connectivity index (χ1v) is 5.15. The van der Waals surface area contributed by atoms with E-state index in [9.17, 15) is 4.79 Å². The van der Waals surface area contributed by atoms with E-state index in [-0.39, 0.29) is 5.91 Å². The Morgan fingerprint density at radius 1 is 1.47 bits per heavy atom. The first-order valence-electron chi connectivity index (χ1n) is 5.15. The van der Waals surface area contributed by atoms with E-state index in [1.807, 2.05) is 14.1 Å². The molecule has 0 aliphatic rings. The van der Waals surface area contributed by atoms with Crippen molar-refractivity contribution in [1.82, 2.24) is 20.2 Å². The van der Waals surface area contributed by atoms with Crippen LogP contribution in [0.4, 0.5) is 0 Å². The number of aryl methyl sites for hydroxylation is 1. The van der Waals surface area contributed by atoms with E-state index in [1.165, 1.54) is 0 Å². The van der Waals surface area contributed by atoms with Crippen LogP contribution in [-0.2, 0) is 7.05 Å². The molecule has 1 aromatic rings. The fourth-order valence-corrected chi connectivity index (χ4v) is 1.25. The van der Waals surface area contributed by atoms with E-state index in [2.05, 4.69) is 15.6 Å². The van der Waals surface area contributed by atoms with Gasteiger partial charge in [0.15, 0.2) is 0 Å². The van der Waals surface area contributed by atoms with Gasteiger partial charge in [0.1, 0.15) is 5.69 Å². The second-order valence-corrected chi connectivity index (χ2v) is 3.49. The Morgan fingerprint density at radius 3 is 2.80 bits per heavy atom. The number of nitrogens with one attached hydrogen (secondary N) is 2. The molecule has 5 heteroatoms. The Labute approximate surface area is 89.9 Å². The van der Waals surface area contributed by atoms with Gasteiger partial charge in [0, 0.05) is 19.8 Å². The van der Waals surface area contributed by atoms with Gasteiger partial charge in [-0.15, -0.1) is 0 Å². The highest BCUT2D eigenvalue weighted by Crippen LogP contribution is 1.94. The lowest BCUT2D eigenvalue weighted by Gasteiger charge is -2.02. The van der Waals surface area contributed by atoms with Crippen molar-refractivity contribution < 1.29 is 4.79 Å². The number of unbranched alkanes of at least 4 members (excludes halogenated alkanes) is 1. The Hall–Kier alpha value is -1.36. The van der Waals surface area contributed by atoms with Crippen LogP contribution in [0.25, 0.3) is 0 Å². The number of hydrogen-bond acceptors (Lipinski definition) is 3. The molecule has 0 atom stereocenters. The molecule has 2 N–H and O–H groups in total. The second kappa shape index (κ2) is 6.19. The van der Waals surface area contributed by atoms with Crippen LogP contribution in [-0.4, -0.2) is 35.6 Å². The zero-order valence-electron chi connectivity index (χ0n) is 9.29. The minimum Gasteiger partial charge on any atom is -0.351 e. The summed E-state index contributed by atoms with van der Waals surface area (Å²) in [5.41, 5.74) is 0.478. The van der Waals surface area contributed by atoms with E-state index in [0.29, 0.717) is 12.2 Å². The minimum atomic E-state index is -0.0972. The van der Waals surface area contributed by atoms with Crippen molar-refractivity contribution in [2.45, 2.75) is 12.8 Å². The molecule has 0 spiro atoms. The van der Waals surface area contributed by atoms with Gasteiger partial charge >= 0.3 is 0 Å². The number of hydrogen-bond donors (Lipinski definition) is 2. The monoisotopic (exact) mass is 210 g/mol. The predicted molar refractivity (Wildman–Crippen MR) is 58.7 cm³/mol. The number of rotatable bonds is 6. The Morgan fingerprint density at radius 2 is 2.20 bits per heavy atom. The largest absolute Gasteiger partial charge is 0.351 e. The summed E-state index contributed by atoms with van der Waals surface area (Å²) in [7, 11) is 3.77. The molecule has 84 valence electrons. The maximum atomic E-state index is 11.5. The van der Waals surface area contributed by atoms with Crippen LogP contribution in [0.1, 0.15) is 23.3 Å². The normalized spacial score (nSPS) is 10.3. The van der Waals surface area contributed by atoms with Crippen LogP contribution >= 0.6 is 0 Å². The average molecular weight is 210 g/mol. The second-order valence-electron chi connectivity index (χ2n) is 3.49. The Balaban J connectivity index is 2.19. The van der Waals surface area contributed by atoms with Gasteiger partial charge in [-0.2, -0.15) is 0 Å². The zero-order valence-corrected chi connectivity index (χ0v) is 9.29. The molecule has 15 heavy (non-hydrogen) atoms. The van der Waals surface area contributed by atoms with Gasteiger partial charge in [-0.1, -0.05) is 0 Å². The summed E-state index contributed by atoms with van der Waals surface area (Å²) in [6.45, 7) is 1.69. The molecule has 5 nitrogen and oxygen atoms in total. The minimum absolute atomic E-state index is 0.0972. The first kappa shape index (κ1) is 11.7. The van der Waals surface area contributed by atoms with E-state index in [0.717, 1.165) is 19.4 Å². The van der Waals surface area contributed by atoms with Crippen LogP contribution in [0, 0.1) is 0 Å². The molecule has 0 aromatic carbocycles. The molecule has 0 aliphatic heterocycles. The fourth-order valence-electron chi connectivity index (χ4n) is 1.25. The standard InChI is InChI=1S/C10H18N4O/c1-11-5-3-4-6-12-10(15)9-7-14(2)8-13-9/h7-8,11H,3-6H2,1-2H3,(H,12,15). The van der Waals surface area contributed by atoms with E-state index in [1.54, 1.807) is 17.1 Å². The van der Waals surface area contributed by atoms with Crippen LogP contribution in [0.15, 0.2) is 12.5 Å². The molecule has 0 saturated carbocycles. The van der Waals surface area contributed by atoms with Gasteiger partial charge in [0.05, 0.1) is 6.33 Å². The smallest absolute Gasteiger partial charge is 0.271 e. The molecule has 1 heterocycles. The highest BCUT2D eigenvalue weighted by Gasteiger charge is 2.06. The SMILES string of the molecule is CNCCCCNC(=O)c1cn(C)cn1. The van der Waals surface area contributed by atoms with E-state index >= 15 is 0 Å². The Kier molecular flexibility index (Phi) is 4.83. The van der Waals surface area contributed by atoms with Gasteiger partial charge in [-0.3, -0.25) is 4.79 Å². The van der Waals surface area contributed by atoms with Crippen molar-refractivity contribution in [3.63, 3.8) is 0 Å². The van der Waals surface area contributed by atoms with Gasteiger partial charge in [-0.05, 0) is 26.4 Å². The van der Waals surface area contributed by atoms with E-state index < -0.39 is 0 Å². The number of carbonyl (C=O) groups is 1. The quantitative estimate of drug-likeness (QED) is 0.657. The zero-order chi connectivity index (χ0) is 11.1. The van der Waals surface area contributed by atoms with Crippen LogP contribution in [0.2, 0.25) is 0 Å². The van der Waals surface area contributed by atoms with E-state index in [4.69, 9.17) is 0 Å². The summed E-state index contributed by atoms with van der Waals surface area (Å²) in [5, 5.41) is 5.89. The summed E-state index contributed by atoms with van der Waals surface area (Å²) < 4.78 is 1.76. The topological polar surface area (TPSA) is 58.9 Å². The summed E-state index contributed by atoms with van der Waals surface area (Å²) in [4.78, 5) is 15.5. The average Bonchev–Trinajstić information content (AvgIpc) is 2.64. The van der Waals surface area contributed by atoms with Crippen LogP contribution in [0.5, 0.6) is 0 Å². The van der Waals surface area contributed by atoms with Crippen molar-refractivity contribution in [1.29, 1.82) is 0 Å². The first-order chi connectivity index (χ1) is 7.24. The molecule has 0 bridgehead atoms. The maximum absolute atomic E-state index is 11.5. The summed E-state index contributed by atoms with van der Waals surface area (Å²) >= 11 is 0. The summed E-state index contributed by atoms with van der Waals surface area (Å²) in [6.07, 6.45) is 5.39. The highest BCUT2D eigenvalue weighted by atomic mass is 16.1. The van der Waals surface area contributed by atoms with Crippen molar-refractivity contribution in [3.8, 4) is 0 Å². The number of nitrogens with zero attached hydrogens (tertiary/aromatic N) is 2. The van der Waals surface area contributed by atoms with Gasteiger partial charge in [-0.25, -0.2) is 4.98 Å². The number of carbonyl (C=O) groups excluding carboxylic acids is 1. The number of imidazole rings is 1. The molecule has 1 rings (SSSR count). The highest BCUT2D eigenvalue weighted by molar-refractivity contribution is 5.91. The predicted octanol–water partition coefficient (Wildman–Crippen LogP) is 0.150. The van der Waals surface area contributed by atoms with Crippen molar-refractivity contribution in [3.05, 3.63) is 18.2 Å². The lowest BCUT2D eigenvalue weighted by Crippen LogP contribution is -2.25. The third kappa shape index (κ3) is 4.12. The third-order valence-corrected chi connectivity index (χ3v) is 2.08. The van der Waals surface area contributed by atoms with Gasteiger partial charge in [0.25, 0.3) is 5.91 Å². The van der Waals surface area contributed by atoms with Crippen molar-refractivity contribution >= 4 is 5.91 Å². The van der Waals surface area contributed by atoms with Crippen LogP contribution in [0.3, 0.4) is 0 Å².